The molecule has 1 aliphatic rings. The van der Waals surface area contributed by atoms with Crippen LogP contribution in [0.1, 0.15) is 33.1 Å². The van der Waals surface area contributed by atoms with Gasteiger partial charge in [0, 0.05) is 12.6 Å². The Balaban J connectivity index is 1.87. The van der Waals surface area contributed by atoms with Gasteiger partial charge in [-0.15, -0.1) is 0 Å². The first kappa shape index (κ1) is 12.2. The van der Waals surface area contributed by atoms with Gasteiger partial charge in [-0.25, -0.2) is 0 Å². The lowest BCUT2D eigenvalue weighted by Gasteiger charge is -2.16. The fourth-order valence-electron chi connectivity index (χ4n) is 2.50. The van der Waals surface area contributed by atoms with Crippen LogP contribution in [-0.4, -0.2) is 18.1 Å². The summed E-state index contributed by atoms with van der Waals surface area (Å²) in [4.78, 5) is 4.42. The van der Waals surface area contributed by atoms with Crippen LogP contribution in [0.5, 0.6) is 5.88 Å². The molecular weight excluding hydrogens is 212 g/mol. The molecule has 2 unspecified atom stereocenters. The summed E-state index contributed by atoms with van der Waals surface area (Å²) in [6, 6.07) is 5.88. The van der Waals surface area contributed by atoms with Crippen molar-refractivity contribution < 1.29 is 4.74 Å². The number of hydrogen-bond donors (Lipinski definition) is 1. The highest BCUT2D eigenvalue weighted by Gasteiger charge is 2.22. The molecule has 0 bridgehead atoms. The van der Waals surface area contributed by atoms with Crippen LogP contribution in [0.3, 0.4) is 0 Å². The van der Waals surface area contributed by atoms with E-state index in [0.29, 0.717) is 12.5 Å². The van der Waals surface area contributed by atoms with Crippen LogP contribution < -0.4 is 10.1 Å². The Morgan fingerprint density at radius 1 is 1.41 bits per heavy atom. The number of anilines is 1. The Kier molecular flexibility index (Phi) is 4.24. The summed E-state index contributed by atoms with van der Waals surface area (Å²) in [6.07, 6.45) is 4.10. The molecule has 0 radical (unpaired) electrons. The SMILES string of the molecule is CCOc1cccc(NCC2CCCC2C)n1. The van der Waals surface area contributed by atoms with Gasteiger partial charge in [-0.05, 0) is 31.2 Å². The highest BCUT2D eigenvalue weighted by Crippen LogP contribution is 2.31. The van der Waals surface area contributed by atoms with E-state index in [1.54, 1.807) is 0 Å². The van der Waals surface area contributed by atoms with Crippen molar-refractivity contribution in [1.82, 2.24) is 4.98 Å². The van der Waals surface area contributed by atoms with E-state index in [1.807, 2.05) is 25.1 Å². The van der Waals surface area contributed by atoms with E-state index in [0.717, 1.165) is 24.2 Å². The minimum absolute atomic E-state index is 0.663. The highest BCUT2D eigenvalue weighted by atomic mass is 16.5. The second-order valence-electron chi connectivity index (χ2n) is 4.84. The molecule has 1 aromatic rings. The van der Waals surface area contributed by atoms with Crippen molar-refractivity contribution in [2.75, 3.05) is 18.5 Å². The van der Waals surface area contributed by atoms with Crippen molar-refractivity contribution in [3.8, 4) is 5.88 Å². The summed E-state index contributed by atoms with van der Waals surface area (Å²) in [5.74, 6) is 3.28. The van der Waals surface area contributed by atoms with Gasteiger partial charge < -0.3 is 10.1 Å². The van der Waals surface area contributed by atoms with Crippen LogP contribution in [0.2, 0.25) is 0 Å². The molecule has 1 heterocycles. The quantitative estimate of drug-likeness (QED) is 0.848. The molecule has 2 rings (SSSR count). The van der Waals surface area contributed by atoms with E-state index in [9.17, 15) is 0 Å². The number of nitrogens with zero attached hydrogens (tertiary/aromatic N) is 1. The molecule has 0 aromatic carbocycles. The van der Waals surface area contributed by atoms with E-state index < -0.39 is 0 Å². The molecule has 3 nitrogen and oxygen atoms in total. The summed E-state index contributed by atoms with van der Waals surface area (Å²) in [6.45, 7) is 6.02. The Hall–Kier alpha value is -1.25. The maximum absolute atomic E-state index is 5.39. The maximum atomic E-state index is 5.39. The normalized spacial score (nSPS) is 23.6. The van der Waals surface area contributed by atoms with Gasteiger partial charge in [-0.1, -0.05) is 25.8 Å². The lowest BCUT2D eigenvalue weighted by molar-refractivity contribution is 0.327. The Morgan fingerprint density at radius 2 is 2.29 bits per heavy atom. The first-order chi connectivity index (χ1) is 8.29. The van der Waals surface area contributed by atoms with Gasteiger partial charge in [-0.3, -0.25) is 0 Å². The first-order valence-corrected chi connectivity index (χ1v) is 6.63. The molecule has 1 aromatic heterocycles. The third kappa shape index (κ3) is 3.35. The Morgan fingerprint density at radius 3 is 3.00 bits per heavy atom. The highest BCUT2D eigenvalue weighted by molar-refractivity contribution is 5.37. The lowest BCUT2D eigenvalue weighted by atomic mass is 9.98. The van der Waals surface area contributed by atoms with Crippen LogP contribution in [0, 0.1) is 11.8 Å². The van der Waals surface area contributed by atoms with Crippen molar-refractivity contribution in [2.24, 2.45) is 11.8 Å². The van der Waals surface area contributed by atoms with Crippen LogP contribution >= 0.6 is 0 Å². The molecule has 0 aliphatic heterocycles. The van der Waals surface area contributed by atoms with Crippen LogP contribution in [-0.2, 0) is 0 Å². The van der Waals surface area contributed by atoms with E-state index in [-0.39, 0.29) is 0 Å². The standard InChI is InChI=1S/C14H22N2O/c1-3-17-14-9-5-8-13(16-14)15-10-12-7-4-6-11(12)2/h5,8-9,11-12H,3-4,6-7,10H2,1-2H3,(H,15,16). The fourth-order valence-corrected chi connectivity index (χ4v) is 2.50. The smallest absolute Gasteiger partial charge is 0.215 e. The molecule has 0 saturated heterocycles. The van der Waals surface area contributed by atoms with Crippen molar-refractivity contribution in [1.29, 1.82) is 0 Å². The lowest BCUT2D eigenvalue weighted by Crippen LogP contribution is -2.17. The molecule has 1 saturated carbocycles. The van der Waals surface area contributed by atoms with Crippen LogP contribution in [0.15, 0.2) is 18.2 Å². The molecule has 17 heavy (non-hydrogen) atoms. The van der Waals surface area contributed by atoms with Crippen molar-refractivity contribution in [3.63, 3.8) is 0 Å². The average molecular weight is 234 g/mol. The van der Waals surface area contributed by atoms with E-state index in [4.69, 9.17) is 4.74 Å². The third-order valence-electron chi connectivity index (χ3n) is 3.60. The van der Waals surface area contributed by atoms with E-state index in [1.165, 1.54) is 19.3 Å². The second-order valence-corrected chi connectivity index (χ2v) is 4.84. The predicted octanol–water partition coefficient (Wildman–Crippen LogP) is 3.33. The van der Waals surface area contributed by atoms with Crippen LogP contribution in [0.25, 0.3) is 0 Å². The number of pyridine rings is 1. The summed E-state index contributed by atoms with van der Waals surface area (Å²) in [5, 5.41) is 3.42. The minimum Gasteiger partial charge on any atom is -0.478 e. The molecular formula is C14H22N2O. The number of hydrogen-bond acceptors (Lipinski definition) is 3. The summed E-state index contributed by atoms with van der Waals surface area (Å²) in [5.41, 5.74) is 0. The molecule has 1 N–H and O–H groups in total. The molecule has 2 atom stereocenters. The monoisotopic (exact) mass is 234 g/mol. The third-order valence-corrected chi connectivity index (χ3v) is 3.60. The number of aromatic nitrogens is 1. The first-order valence-electron chi connectivity index (χ1n) is 6.63. The summed E-state index contributed by atoms with van der Waals surface area (Å²) < 4.78 is 5.39. The largest absolute Gasteiger partial charge is 0.478 e. The summed E-state index contributed by atoms with van der Waals surface area (Å²) >= 11 is 0. The zero-order valence-corrected chi connectivity index (χ0v) is 10.8. The topological polar surface area (TPSA) is 34.1 Å². The fraction of sp³-hybridized carbons (Fsp3) is 0.643. The molecule has 1 aliphatic carbocycles. The molecule has 0 amide bonds. The molecule has 0 spiro atoms. The van der Waals surface area contributed by atoms with Gasteiger partial charge in [0.25, 0.3) is 0 Å². The van der Waals surface area contributed by atoms with Gasteiger partial charge in [-0.2, -0.15) is 4.98 Å². The molecule has 3 heteroatoms. The zero-order valence-electron chi connectivity index (χ0n) is 10.8. The molecule has 94 valence electrons. The van der Waals surface area contributed by atoms with Crippen molar-refractivity contribution >= 4 is 5.82 Å². The van der Waals surface area contributed by atoms with Gasteiger partial charge in [0.2, 0.25) is 5.88 Å². The average Bonchev–Trinajstić information content (AvgIpc) is 2.73. The number of ether oxygens (including phenoxy) is 1. The summed E-state index contributed by atoms with van der Waals surface area (Å²) in [7, 11) is 0. The Bertz CT molecular complexity index is 354. The predicted molar refractivity (Wildman–Crippen MR) is 70.4 cm³/mol. The van der Waals surface area contributed by atoms with Gasteiger partial charge in [0.15, 0.2) is 0 Å². The van der Waals surface area contributed by atoms with Gasteiger partial charge >= 0.3 is 0 Å². The minimum atomic E-state index is 0.663. The van der Waals surface area contributed by atoms with Crippen molar-refractivity contribution in [3.05, 3.63) is 18.2 Å². The van der Waals surface area contributed by atoms with E-state index in [2.05, 4.69) is 17.2 Å². The second kappa shape index (κ2) is 5.89. The Labute approximate surface area is 104 Å². The zero-order chi connectivity index (χ0) is 12.1. The van der Waals surface area contributed by atoms with Gasteiger partial charge in [0.1, 0.15) is 5.82 Å². The van der Waals surface area contributed by atoms with Crippen LogP contribution in [0.4, 0.5) is 5.82 Å². The van der Waals surface area contributed by atoms with Crippen molar-refractivity contribution in [2.45, 2.75) is 33.1 Å². The van der Waals surface area contributed by atoms with E-state index >= 15 is 0 Å². The number of nitrogens with one attached hydrogen (secondary N) is 1. The van der Waals surface area contributed by atoms with Gasteiger partial charge in [0.05, 0.1) is 6.61 Å². The maximum Gasteiger partial charge on any atom is 0.215 e. The molecule has 1 fully saturated rings. The number of rotatable bonds is 5.